The number of halogens is 2. The van der Waals surface area contributed by atoms with E-state index in [0.29, 0.717) is 5.38 Å². The van der Waals surface area contributed by atoms with Crippen molar-refractivity contribution in [1.82, 2.24) is 4.98 Å². The van der Waals surface area contributed by atoms with Crippen molar-refractivity contribution in [2.24, 2.45) is 0 Å². The highest BCUT2D eigenvalue weighted by molar-refractivity contribution is 9.10. The predicted molar refractivity (Wildman–Crippen MR) is 67.8 cm³/mol. The van der Waals surface area contributed by atoms with Crippen molar-refractivity contribution in [3.8, 4) is 0 Å². The van der Waals surface area contributed by atoms with Crippen LogP contribution >= 0.6 is 27.5 Å². The summed E-state index contributed by atoms with van der Waals surface area (Å²) in [7, 11) is 0. The van der Waals surface area contributed by atoms with Gasteiger partial charge in [0, 0.05) is 22.9 Å². The van der Waals surface area contributed by atoms with Gasteiger partial charge < -0.3 is 4.90 Å². The Morgan fingerprint density at radius 1 is 1.40 bits per heavy atom. The molecule has 1 aromatic rings. The van der Waals surface area contributed by atoms with Crippen LogP contribution < -0.4 is 4.90 Å². The van der Waals surface area contributed by atoms with E-state index in [4.69, 9.17) is 11.6 Å². The van der Waals surface area contributed by atoms with Crippen molar-refractivity contribution in [1.29, 1.82) is 0 Å². The summed E-state index contributed by atoms with van der Waals surface area (Å²) in [4.78, 5) is 6.86. The molecule has 1 aliphatic heterocycles. The van der Waals surface area contributed by atoms with Gasteiger partial charge in [0.05, 0.1) is 5.69 Å². The number of hydrogen-bond acceptors (Lipinski definition) is 2. The normalized spacial score (nSPS) is 18.2. The van der Waals surface area contributed by atoms with Crippen LogP contribution in [0.1, 0.15) is 18.5 Å². The Balaban J connectivity index is 2.12. The van der Waals surface area contributed by atoms with Crippen LogP contribution in [0, 0.1) is 6.92 Å². The summed E-state index contributed by atoms with van der Waals surface area (Å²) in [6.07, 6.45) is 2.11. The van der Waals surface area contributed by atoms with Gasteiger partial charge in [0.25, 0.3) is 0 Å². The van der Waals surface area contributed by atoms with Crippen molar-refractivity contribution >= 4 is 33.3 Å². The van der Waals surface area contributed by atoms with Crippen molar-refractivity contribution in [3.63, 3.8) is 0 Å². The fourth-order valence-corrected chi connectivity index (χ4v) is 2.20. The number of rotatable bonds is 1. The quantitative estimate of drug-likeness (QED) is 0.737. The van der Waals surface area contributed by atoms with Gasteiger partial charge in [0.2, 0.25) is 0 Å². The topological polar surface area (TPSA) is 16.1 Å². The molecule has 0 atom stereocenters. The number of hydrogen-bond donors (Lipinski definition) is 0. The molecule has 0 unspecified atom stereocenters. The molecule has 82 valence electrons. The van der Waals surface area contributed by atoms with Crippen LogP contribution in [0.2, 0.25) is 0 Å². The second-order valence-electron chi connectivity index (χ2n) is 3.90. The fraction of sp³-hybridized carbons (Fsp3) is 0.545. The summed E-state index contributed by atoms with van der Waals surface area (Å²) in [5, 5.41) is 0.345. The first-order valence-corrected chi connectivity index (χ1v) is 6.42. The minimum absolute atomic E-state index is 0.345. The molecule has 2 rings (SSSR count). The molecule has 15 heavy (non-hydrogen) atoms. The maximum atomic E-state index is 6.07. The highest BCUT2D eigenvalue weighted by atomic mass is 79.9. The number of nitrogens with zero attached hydrogens (tertiary/aromatic N) is 2. The second-order valence-corrected chi connectivity index (χ2v) is 5.37. The van der Waals surface area contributed by atoms with Crippen molar-refractivity contribution in [3.05, 3.63) is 22.3 Å². The largest absolute Gasteiger partial charge is 0.357 e. The van der Waals surface area contributed by atoms with Gasteiger partial charge in [-0.15, -0.1) is 11.6 Å². The van der Waals surface area contributed by atoms with Crippen LogP contribution in [0.25, 0.3) is 0 Å². The molecule has 0 spiro atoms. The Labute approximate surface area is 104 Å². The molecule has 1 aromatic heterocycles. The fourth-order valence-electron chi connectivity index (χ4n) is 1.78. The third-order valence-electron chi connectivity index (χ3n) is 2.76. The molecule has 0 N–H and O–H groups in total. The first-order valence-electron chi connectivity index (χ1n) is 5.19. The molecule has 2 heterocycles. The molecule has 1 saturated heterocycles. The van der Waals surface area contributed by atoms with Gasteiger partial charge in [-0.1, -0.05) is 0 Å². The zero-order valence-corrected chi connectivity index (χ0v) is 11.1. The number of anilines is 1. The van der Waals surface area contributed by atoms with E-state index in [1.54, 1.807) is 0 Å². The van der Waals surface area contributed by atoms with E-state index in [1.165, 1.54) is 0 Å². The van der Waals surface area contributed by atoms with E-state index in [-0.39, 0.29) is 0 Å². The Hall–Kier alpha value is -0.280. The summed E-state index contributed by atoms with van der Waals surface area (Å²) >= 11 is 9.53. The highest BCUT2D eigenvalue weighted by Crippen LogP contribution is 2.23. The Kier molecular flexibility index (Phi) is 3.52. The van der Waals surface area contributed by atoms with Crippen molar-refractivity contribution < 1.29 is 0 Å². The molecule has 4 heteroatoms. The lowest BCUT2D eigenvalue weighted by Gasteiger charge is -2.30. The summed E-state index contributed by atoms with van der Waals surface area (Å²) in [5.41, 5.74) is 1.04. The standard InChI is InChI=1S/C11H14BrClN2/c1-8-10(12)2-3-11(14-8)15-6-4-9(13)5-7-15/h2-3,9H,4-7H2,1H3. The van der Waals surface area contributed by atoms with Crippen molar-refractivity contribution in [2.45, 2.75) is 25.1 Å². The molecule has 0 saturated carbocycles. The molecule has 0 radical (unpaired) electrons. The predicted octanol–water partition coefficient (Wildman–Crippen LogP) is 3.36. The second kappa shape index (κ2) is 4.71. The third-order valence-corrected chi connectivity index (χ3v) is 4.03. The van der Waals surface area contributed by atoms with Crippen LogP contribution in [-0.2, 0) is 0 Å². The van der Waals surface area contributed by atoms with Gasteiger partial charge in [-0.3, -0.25) is 0 Å². The van der Waals surface area contributed by atoms with Gasteiger partial charge in [0.1, 0.15) is 5.82 Å². The number of pyridine rings is 1. The van der Waals surface area contributed by atoms with E-state index in [2.05, 4.69) is 37.9 Å². The molecule has 1 fully saturated rings. The van der Waals surface area contributed by atoms with Crippen molar-refractivity contribution in [2.75, 3.05) is 18.0 Å². The molecule has 2 nitrogen and oxygen atoms in total. The van der Waals surface area contributed by atoms with E-state index in [1.807, 2.05) is 6.92 Å². The first-order chi connectivity index (χ1) is 7.16. The maximum Gasteiger partial charge on any atom is 0.128 e. The van der Waals surface area contributed by atoms with Gasteiger partial charge in [-0.2, -0.15) is 0 Å². The number of aromatic nitrogens is 1. The monoisotopic (exact) mass is 288 g/mol. The SMILES string of the molecule is Cc1nc(N2CCC(Cl)CC2)ccc1Br. The number of aryl methyl sites for hydroxylation is 1. The van der Waals surface area contributed by atoms with E-state index in [0.717, 1.165) is 41.9 Å². The summed E-state index contributed by atoms with van der Waals surface area (Å²) in [6, 6.07) is 4.12. The molecular formula is C11H14BrClN2. The molecule has 0 amide bonds. The smallest absolute Gasteiger partial charge is 0.128 e. The summed E-state index contributed by atoms with van der Waals surface area (Å²) in [5.74, 6) is 1.07. The van der Waals surface area contributed by atoms with Crippen LogP contribution in [0.15, 0.2) is 16.6 Å². The van der Waals surface area contributed by atoms with Crippen LogP contribution in [0.5, 0.6) is 0 Å². The minimum Gasteiger partial charge on any atom is -0.357 e. The average Bonchev–Trinajstić information content (AvgIpc) is 2.23. The maximum absolute atomic E-state index is 6.07. The summed E-state index contributed by atoms with van der Waals surface area (Å²) in [6.45, 7) is 4.05. The Morgan fingerprint density at radius 2 is 2.07 bits per heavy atom. The molecular weight excluding hydrogens is 275 g/mol. The highest BCUT2D eigenvalue weighted by Gasteiger charge is 2.18. The lowest BCUT2D eigenvalue weighted by atomic mass is 10.1. The zero-order valence-electron chi connectivity index (χ0n) is 8.71. The lowest BCUT2D eigenvalue weighted by molar-refractivity contribution is 0.580. The van der Waals surface area contributed by atoms with Crippen LogP contribution in [-0.4, -0.2) is 23.5 Å². The molecule has 0 aliphatic carbocycles. The Bertz CT molecular complexity index is 348. The first kappa shape index (κ1) is 11.2. The number of piperidine rings is 1. The number of alkyl halides is 1. The van der Waals surface area contributed by atoms with E-state index in [9.17, 15) is 0 Å². The van der Waals surface area contributed by atoms with Gasteiger partial charge in [-0.25, -0.2) is 4.98 Å². The van der Waals surface area contributed by atoms with Gasteiger partial charge >= 0.3 is 0 Å². The van der Waals surface area contributed by atoms with Gasteiger partial charge in [0.15, 0.2) is 0 Å². The zero-order chi connectivity index (χ0) is 10.8. The molecule has 1 aliphatic rings. The lowest BCUT2D eigenvalue weighted by Crippen LogP contribution is -2.34. The summed E-state index contributed by atoms with van der Waals surface area (Å²) < 4.78 is 1.07. The van der Waals surface area contributed by atoms with Crippen LogP contribution in [0.4, 0.5) is 5.82 Å². The molecule has 0 aromatic carbocycles. The Morgan fingerprint density at radius 3 is 2.67 bits per heavy atom. The molecule has 0 bridgehead atoms. The average molecular weight is 290 g/mol. The van der Waals surface area contributed by atoms with E-state index < -0.39 is 0 Å². The van der Waals surface area contributed by atoms with Crippen LogP contribution in [0.3, 0.4) is 0 Å². The van der Waals surface area contributed by atoms with Gasteiger partial charge in [-0.05, 0) is 47.8 Å². The minimum atomic E-state index is 0.345. The third kappa shape index (κ3) is 2.64. The van der Waals surface area contributed by atoms with E-state index >= 15 is 0 Å².